The van der Waals surface area contributed by atoms with Crippen LogP contribution in [0.5, 0.6) is 0 Å². The summed E-state index contributed by atoms with van der Waals surface area (Å²) in [5, 5.41) is 4.03. The summed E-state index contributed by atoms with van der Waals surface area (Å²) in [6.07, 6.45) is 1.83. The zero-order valence-electron chi connectivity index (χ0n) is 11.9. The number of para-hydroxylation sites is 1. The van der Waals surface area contributed by atoms with E-state index in [0.717, 1.165) is 0 Å². The molecule has 2 aromatic rings. The maximum absolute atomic E-state index is 12.6. The molecular formula is C15H14Cl2N4O. The van der Waals surface area contributed by atoms with E-state index in [9.17, 15) is 4.79 Å². The minimum atomic E-state index is -0.112. The van der Waals surface area contributed by atoms with Crippen LogP contribution in [0.2, 0.25) is 10.0 Å². The molecule has 0 saturated carbocycles. The van der Waals surface area contributed by atoms with Crippen LogP contribution in [0.1, 0.15) is 10.5 Å². The lowest BCUT2D eigenvalue weighted by molar-refractivity contribution is 0.0849. The predicted octanol–water partition coefficient (Wildman–Crippen LogP) is 3.26. The van der Waals surface area contributed by atoms with Gasteiger partial charge < -0.3 is 9.88 Å². The lowest BCUT2D eigenvalue weighted by Crippen LogP contribution is -2.39. The van der Waals surface area contributed by atoms with Gasteiger partial charge in [-0.15, -0.1) is 0 Å². The van der Waals surface area contributed by atoms with Gasteiger partial charge >= 0.3 is 0 Å². The van der Waals surface area contributed by atoms with Crippen molar-refractivity contribution in [2.75, 3.05) is 18.4 Å². The second-order valence-electron chi connectivity index (χ2n) is 4.89. The molecule has 0 spiro atoms. The molecule has 22 heavy (non-hydrogen) atoms. The number of carbonyl (C=O) groups excluding carboxylic acids is 1. The van der Waals surface area contributed by atoms with Gasteiger partial charge in [-0.25, -0.2) is 0 Å². The summed E-state index contributed by atoms with van der Waals surface area (Å²) in [6, 6.07) is 8.84. The molecular weight excluding hydrogens is 323 g/mol. The summed E-state index contributed by atoms with van der Waals surface area (Å²) >= 11 is 12.3. The Balaban J connectivity index is 1.85. The fraction of sp³-hybridized carbons (Fsp3) is 0.200. The molecule has 0 fully saturated rings. The maximum Gasteiger partial charge on any atom is 0.277 e. The van der Waals surface area contributed by atoms with Crippen molar-refractivity contribution < 1.29 is 4.79 Å². The molecule has 1 N–H and O–H groups in total. The van der Waals surface area contributed by atoms with Crippen LogP contribution >= 0.6 is 23.2 Å². The number of hydrogen-bond acceptors (Lipinski definition) is 3. The van der Waals surface area contributed by atoms with Crippen LogP contribution in [0.4, 0.5) is 5.69 Å². The number of nitrogens with one attached hydrogen (secondary N) is 1. The molecule has 114 valence electrons. The third-order valence-electron chi connectivity index (χ3n) is 3.45. The highest BCUT2D eigenvalue weighted by atomic mass is 35.5. The van der Waals surface area contributed by atoms with Crippen molar-refractivity contribution in [2.24, 2.45) is 12.0 Å². The second kappa shape index (κ2) is 6.02. The van der Waals surface area contributed by atoms with Gasteiger partial charge in [-0.1, -0.05) is 29.3 Å². The predicted molar refractivity (Wildman–Crippen MR) is 88.8 cm³/mol. The summed E-state index contributed by atoms with van der Waals surface area (Å²) in [5.41, 5.74) is 1.15. The smallest absolute Gasteiger partial charge is 0.277 e. The van der Waals surface area contributed by atoms with Crippen molar-refractivity contribution in [3.05, 3.63) is 52.3 Å². The molecule has 0 aliphatic carbocycles. The Bertz CT molecular complexity index is 734. The molecule has 0 saturated heterocycles. The summed E-state index contributed by atoms with van der Waals surface area (Å²) in [6.45, 7) is 1.06. The third kappa shape index (κ3) is 2.69. The van der Waals surface area contributed by atoms with Gasteiger partial charge in [-0.05, 0) is 24.3 Å². The maximum atomic E-state index is 12.6. The molecule has 3 rings (SSSR count). The molecule has 5 nitrogen and oxygen atoms in total. The van der Waals surface area contributed by atoms with Gasteiger partial charge in [0.1, 0.15) is 5.69 Å². The Labute approximate surface area is 138 Å². The molecule has 1 amide bonds. The molecule has 7 heteroatoms. The van der Waals surface area contributed by atoms with Crippen LogP contribution in [-0.4, -0.2) is 34.4 Å². The van der Waals surface area contributed by atoms with Crippen molar-refractivity contribution in [3.8, 4) is 0 Å². The number of aromatic nitrogens is 1. The van der Waals surface area contributed by atoms with E-state index in [1.165, 1.54) is 0 Å². The number of aliphatic imine (C=N–C) groups is 1. The molecule has 1 aliphatic heterocycles. The number of nitrogens with zero attached hydrogens (tertiary/aromatic N) is 3. The Kier molecular flexibility index (Phi) is 4.09. The number of anilines is 1. The number of aryl methyl sites for hydroxylation is 1. The van der Waals surface area contributed by atoms with E-state index < -0.39 is 0 Å². The molecule has 1 aliphatic rings. The molecule has 0 atom stereocenters. The van der Waals surface area contributed by atoms with Gasteiger partial charge in [-0.3, -0.25) is 14.7 Å². The van der Waals surface area contributed by atoms with E-state index >= 15 is 0 Å². The standard InChI is InChI=1S/C15H14Cl2N4O/c1-20-8-3-6-12(20)14(22)21-9-7-18-15(21)19-13-10(16)4-2-5-11(13)17/h2-6,8H,7,9H2,1H3,(H,18,19). The van der Waals surface area contributed by atoms with Crippen LogP contribution in [0.25, 0.3) is 0 Å². The molecule has 0 radical (unpaired) electrons. The largest absolute Gasteiger partial charge is 0.347 e. The van der Waals surface area contributed by atoms with Crippen LogP contribution < -0.4 is 5.32 Å². The first kappa shape index (κ1) is 14.9. The third-order valence-corrected chi connectivity index (χ3v) is 4.08. The Hall–Kier alpha value is -1.98. The molecule has 1 aromatic heterocycles. The van der Waals surface area contributed by atoms with E-state index in [1.54, 1.807) is 33.7 Å². The molecule has 1 aromatic carbocycles. The quantitative estimate of drug-likeness (QED) is 0.915. The van der Waals surface area contributed by atoms with Crippen LogP contribution in [0.15, 0.2) is 41.5 Å². The highest BCUT2D eigenvalue weighted by Crippen LogP contribution is 2.30. The molecule has 0 bridgehead atoms. The van der Waals surface area contributed by atoms with Gasteiger partial charge in [0.15, 0.2) is 0 Å². The zero-order chi connectivity index (χ0) is 15.7. The number of carbonyl (C=O) groups is 1. The van der Waals surface area contributed by atoms with Crippen molar-refractivity contribution in [1.82, 2.24) is 9.47 Å². The van der Waals surface area contributed by atoms with E-state index in [4.69, 9.17) is 23.2 Å². The van der Waals surface area contributed by atoms with Crippen LogP contribution in [0.3, 0.4) is 0 Å². The van der Waals surface area contributed by atoms with Gasteiger partial charge in [0.2, 0.25) is 5.96 Å². The van der Waals surface area contributed by atoms with Gasteiger partial charge in [0.05, 0.1) is 22.3 Å². The topological polar surface area (TPSA) is 49.6 Å². The van der Waals surface area contributed by atoms with Gasteiger partial charge in [-0.2, -0.15) is 0 Å². The fourth-order valence-corrected chi connectivity index (χ4v) is 2.79. The SMILES string of the molecule is Cn1cccc1C(=O)N1CCN=C1Nc1c(Cl)cccc1Cl. The van der Waals surface area contributed by atoms with E-state index in [1.807, 2.05) is 19.3 Å². The first-order valence-electron chi connectivity index (χ1n) is 6.76. The second-order valence-corrected chi connectivity index (χ2v) is 5.70. The average Bonchev–Trinajstić information content (AvgIpc) is 3.11. The monoisotopic (exact) mass is 336 g/mol. The summed E-state index contributed by atoms with van der Waals surface area (Å²) in [4.78, 5) is 18.5. The average molecular weight is 337 g/mol. The number of amides is 1. The van der Waals surface area contributed by atoms with Crippen LogP contribution in [0, 0.1) is 0 Å². The van der Waals surface area contributed by atoms with Crippen molar-refractivity contribution in [1.29, 1.82) is 0 Å². The number of halogens is 2. The Morgan fingerprint density at radius 3 is 2.59 bits per heavy atom. The summed E-state index contributed by atoms with van der Waals surface area (Å²) in [5.74, 6) is 0.348. The van der Waals surface area contributed by atoms with E-state index in [2.05, 4.69) is 10.3 Å². The Morgan fingerprint density at radius 2 is 1.95 bits per heavy atom. The number of guanidine groups is 1. The number of rotatable bonds is 2. The van der Waals surface area contributed by atoms with Crippen LogP contribution in [-0.2, 0) is 7.05 Å². The fourth-order valence-electron chi connectivity index (χ4n) is 2.30. The van der Waals surface area contributed by atoms with Crippen molar-refractivity contribution >= 4 is 40.8 Å². The normalized spacial score (nSPS) is 14.1. The highest BCUT2D eigenvalue weighted by Gasteiger charge is 2.27. The molecule has 0 unspecified atom stereocenters. The first-order chi connectivity index (χ1) is 10.6. The number of benzene rings is 1. The van der Waals surface area contributed by atoms with E-state index in [-0.39, 0.29) is 5.91 Å². The minimum Gasteiger partial charge on any atom is -0.347 e. The zero-order valence-corrected chi connectivity index (χ0v) is 13.4. The number of hydrogen-bond donors (Lipinski definition) is 1. The summed E-state index contributed by atoms with van der Waals surface area (Å²) < 4.78 is 1.78. The lowest BCUT2D eigenvalue weighted by atomic mass is 10.3. The van der Waals surface area contributed by atoms with Crippen molar-refractivity contribution in [3.63, 3.8) is 0 Å². The highest BCUT2D eigenvalue weighted by molar-refractivity contribution is 6.39. The molecule has 2 heterocycles. The van der Waals surface area contributed by atoms with Gasteiger partial charge in [0.25, 0.3) is 5.91 Å². The summed E-state index contributed by atoms with van der Waals surface area (Å²) in [7, 11) is 1.83. The van der Waals surface area contributed by atoms with Crippen molar-refractivity contribution in [2.45, 2.75) is 0 Å². The lowest BCUT2D eigenvalue weighted by Gasteiger charge is -2.20. The first-order valence-corrected chi connectivity index (χ1v) is 7.52. The Morgan fingerprint density at radius 1 is 1.23 bits per heavy atom. The van der Waals surface area contributed by atoms with E-state index in [0.29, 0.717) is 40.5 Å². The van der Waals surface area contributed by atoms with Gasteiger partial charge in [0, 0.05) is 19.8 Å². The minimum absolute atomic E-state index is 0.112.